The number of methoxy groups -OCH3 is 1. The van der Waals surface area contributed by atoms with Crippen LogP contribution in [-0.4, -0.2) is 36.0 Å². The lowest BCUT2D eigenvalue weighted by Crippen LogP contribution is -2.70. The summed E-state index contributed by atoms with van der Waals surface area (Å²) >= 11 is 0. The molecule has 4 N–H and O–H groups in total. The number of hydrogen-bond acceptors (Lipinski definition) is 5. The van der Waals surface area contributed by atoms with E-state index in [0.29, 0.717) is 24.5 Å². The molecule has 2 unspecified atom stereocenters. The van der Waals surface area contributed by atoms with Crippen molar-refractivity contribution in [1.82, 2.24) is 5.32 Å². The van der Waals surface area contributed by atoms with Crippen molar-refractivity contribution in [1.29, 1.82) is 0 Å². The predicted octanol–water partition coefficient (Wildman–Crippen LogP) is 2.20. The van der Waals surface area contributed by atoms with Gasteiger partial charge in [0.25, 0.3) is 5.91 Å². The Hall–Kier alpha value is -1.79. The lowest BCUT2D eigenvalue weighted by molar-refractivity contribution is -0.172. The number of unbranched alkanes of at least 4 members (excludes halogenated alkanes) is 1. The highest BCUT2D eigenvalue weighted by molar-refractivity contribution is 5.84. The van der Waals surface area contributed by atoms with Crippen molar-refractivity contribution in [2.75, 3.05) is 13.7 Å². The van der Waals surface area contributed by atoms with Gasteiger partial charge in [-0.25, -0.2) is 0 Å². The highest BCUT2D eigenvalue weighted by Crippen LogP contribution is 2.36. The van der Waals surface area contributed by atoms with Crippen molar-refractivity contribution in [2.24, 2.45) is 5.73 Å². The van der Waals surface area contributed by atoms with Gasteiger partial charge in [-0.1, -0.05) is 32.4 Å². The van der Waals surface area contributed by atoms with Crippen LogP contribution in [0.1, 0.15) is 46.5 Å². The maximum atomic E-state index is 12.0. The number of ether oxygens (including phenoxy) is 2. The first-order valence-corrected chi connectivity index (χ1v) is 8.44. The fraction of sp³-hybridized carbons (Fsp3) is 0.611. The fourth-order valence-electron chi connectivity index (χ4n) is 2.53. The molecule has 1 aromatic carbocycles. The van der Waals surface area contributed by atoms with Gasteiger partial charge in [0.1, 0.15) is 0 Å². The normalized spacial score (nSPS) is 16.0. The number of carbonyl (C=O) groups is 1. The van der Waals surface area contributed by atoms with Gasteiger partial charge in [0.05, 0.1) is 7.11 Å². The van der Waals surface area contributed by atoms with Crippen LogP contribution in [0.3, 0.4) is 0 Å². The van der Waals surface area contributed by atoms with Gasteiger partial charge in [-0.05, 0) is 38.4 Å². The molecular formula is C18H30N2O4. The largest absolute Gasteiger partial charge is 0.493 e. The summed E-state index contributed by atoms with van der Waals surface area (Å²) in [7, 11) is 1.54. The van der Waals surface area contributed by atoms with Gasteiger partial charge in [-0.15, -0.1) is 0 Å². The van der Waals surface area contributed by atoms with Gasteiger partial charge in [-0.3, -0.25) is 10.1 Å². The molecule has 1 rings (SSSR count). The summed E-state index contributed by atoms with van der Waals surface area (Å²) in [4.78, 5) is 12.0. The number of para-hydroxylation sites is 2. The molecule has 136 valence electrons. The summed E-state index contributed by atoms with van der Waals surface area (Å²) in [5.74, 6) is 0.135. The van der Waals surface area contributed by atoms with E-state index in [4.69, 9.17) is 15.2 Å². The van der Waals surface area contributed by atoms with Crippen molar-refractivity contribution in [3.63, 3.8) is 0 Å². The highest BCUT2D eigenvalue weighted by atomic mass is 16.6. The molecule has 0 saturated heterocycles. The molecule has 0 radical (unpaired) electrons. The number of rotatable bonds is 11. The Morgan fingerprint density at radius 2 is 1.88 bits per heavy atom. The molecule has 0 aliphatic heterocycles. The maximum Gasteiger partial charge on any atom is 0.254 e. The molecule has 0 bridgehead atoms. The topological polar surface area (TPSA) is 93.8 Å². The Morgan fingerprint density at radius 1 is 1.25 bits per heavy atom. The third kappa shape index (κ3) is 4.39. The first-order chi connectivity index (χ1) is 11.3. The third-order valence-corrected chi connectivity index (χ3v) is 4.16. The van der Waals surface area contributed by atoms with Crippen molar-refractivity contribution >= 4 is 5.91 Å². The quantitative estimate of drug-likeness (QED) is 0.538. The van der Waals surface area contributed by atoms with Crippen LogP contribution in [0, 0.1) is 0 Å². The number of hydrogen-bond donors (Lipinski definition) is 3. The molecule has 0 spiro atoms. The zero-order valence-corrected chi connectivity index (χ0v) is 15.1. The van der Waals surface area contributed by atoms with Crippen molar-refractivity contribution in [3.8, 4) is 11.5 Å². The molecule has 6 heteroatoms. The van der Waals surface area contributed by atoms with Crippen molar-refractivity contribution in [3.05, 3.63) is 24.3 Å². The minimum absolute atomic E-state index is 0.428. The number of nitrogens with two attached hydrogens (primary N) is 1. The number of nitrogens with one attached hydrogen (secondary N) is 1. The van der Waals surface area contributed by atoms with Crippen LogP contribution in [0.2, 0.25) is 0 Å². The number of carbonyl (C=O) groups excluding carboxylic acids is 1. The van der Waals surface area contributed by atoms with Gasteiger partial charge >= 0.3 is 0 Å². The van der Waals surface area contributed by atoms with E-state index >= 15 is 0 Å². The Balaban J connectivity index is 3.34. The molecular weight excluding hydrogens is 308 g/mol. The number of benzene rings is 1. The Labute approximate surface area is 144 Å². The predicted molar refractivity (Wildman–Crippen MR) is 94.0 cm³/mol. The summed E-state index contributed by atoms with van der Waals surface area (Å²) in [6, 6.07) is 7.13. The number of amides is 1. The van der Waals surface area contributed by atoms with Crippen molar-refractivity contribution in [2.45, 2.75) is 57.8 Å². The molecule has 0 saturated carbocycles. The monoisotopic (exact) mass is 338 g/mol. The molecule has 0 fully saturated rings. The molecule has 2 atom stereocenters. The smallest absolute Gasteiger partial charge is 0.254 e. The Kier molecular flexibility index (Phi) is 7.51. The fourth-order valence-corrected chi connectivity index (χ4v) is 2.53. The second kappa shape index (κ2) is 8.89. The van der Waals surface area contributed by atoms with E-state index in [1.165, 1.54) is 6.92 Å². The van der Waals surface area contributed by atoms with Crippen LogP contribution in [-0.2, 0) is 4.79 Å². The second-order valence-corrected chi connectivity index (χ2v) is 6.05. The van der Waals surface area contributed by atoms with E-state index in [-0.39, 0.29) is 0 Å². The lowest BCUT2D eigenvalue weighted by atomic mass is 9.86. The number of primary amides is 1. The van der Waals surface area contributed by atoms with Crippen molar-refractivity contribution < 1.29 is 19.4 Å². The minimum Gasteiger partial charge on any atom is -0.493 e. The van der Waals surface area contributed by atoms with Gasteiger partial charge < -0.3 is 20.3 Å². The summed E-state index contributed by atoms with van der Waals surface area (Å²) in [6.45, 7) is 6.00. The minimum atomic E-state index is -1.89. The molecule has 6 nitrogen and oxygen atoms in total. The molecule has 1 amide bonds. The second-order valence-electron chi connectivity index (χ2n) is 6.05. The summed E-state index contributed by atoms with van der Waals surface area (Å²) in [5.41, 5.74) is 2.26. The first kappa shape index (κ1) is 20.3. The van der Waals surface area contributed by atoms with Crippen LogP contribution >= 0.6 is 0 Å². The zero-order chi connectivity index (χ0) is 18.2. The molecule has 0 heterocycles. The van der Waals surface area contributed by atoms with Crippen LogP contribution < -0.4 is 20.5 Å². The first-order valence-electron chi connectivity index (χ1n) is 8.44. The van der Waals surface area contributed by atoms with Gasteiger partial charge in [0.15, 0.2) is 22.8 Å². The highest BCUT2D eigenvalue weighted by Gasteiger charge is 2.53. The number of aliphatic hydroxyl groups is 1. The SMILES string of the molecule is CCCCC(NCCC)(Oc1ccccc1OC)C(C)(O)C(N)=O. The van der Waals surface area contributed by atoms with Gasteiger partial charge in [0.2, 0.25) is 0 Å². The van der Waals surface area contributed by atoms with Gasteiger partial charge in [-0.2, -0.15) is 0 Å². The van der Waals surface area contributed by atoms with E-state index in [9.17, 15) is 9.90 Å². The van der Waals surface area contributed by atoms with Crippen LogP contribution in [0.25, 0.3) is 0 Å². The summed E-state index contributed by atoms with van der Waals surface area (Å²) in [5, 5.41) is 14.1. The molecule has 0 aliphatic carbocycles. The standard InChI is InChI=1S/C18H30N2O4/c1-5-7-12-18(20-13-6-2,17(3,22)16(19)21)24-15-11-9-8-10-14(15)23-4/h8-11,20,22H,5-7,12-13H2,1-4H3,(H2,19,21). The van der Waals surface area contributed by atoms with E-state index < -0.39 is 17.2 Å². The van der Waals surface area contributed by atoms with E-state index in [0.717, 1.165) is 19.3 Å². The van der Waals surface area contributed by atoms with Crippen LogP contribution in [0.15, 0.2) is 24.3 Å². The van der Waals surface area contributed by atoms with E-state index in [1.54, 1.807) is 25.3 Å². The molecule has 24 heavy (non-hydrogen) atoms. The lowest BCUT2D eigenvalue weighted by Gasteiger charge is -2.44. The summed E-state index contributed by atoms with van der Waals surface area (Å²) in [6.07, 6.45) is 2.89. The van der Waals surface area contributed by atoms with E-state index in [1.807, 2.05) is 19.9 Å². The molecule has 1 aromatic rings. The van der Waals surface area contributed by atoms with Crippen LogP contribution in [0.5, 0.6) is 11.5 Å². The average Bonchev–Trinajstić information content (AvgIpc) is 2.57. The van der Waals surface area contributed by atoms with Crippen LogP contribution in [0.4, 0.5) is 0 Å². The maximum absolute atomic E-state index is 12.0. The Bertz CT molecular complexity index is 524. The molecule has 0 aromatic heterocycles. The van der Waals surface area contributed by atoms with Gasteiger partial charge in [0, 0.05) is 6.42 Å². The molecule has 0 aliphatic rings. The zero-order valence-electron chi connectivity index (χ0n) is 15.1. The average molecular weight is 338 g/mol. The van der Waals surface area contributed by atoms with E-state index in [2.05, 4.69) is 5.32 Å². The summed E-state index contributed by atoms with van der Waals surface area (Å²) < 4.78 is 11.5. The Morgan fingerprint density at radius 3 is 2.38 bits per heavy atom. The third-order valence-electron chi connectivity index (χ3n) is 4.16.